The van der Waals surface area contributed by atoms with Crippen LogP contribution in [0.1, 0.15) is 16.8 Å². The number of rotatable bonds is 8. The van der Waals surface area contributed by atoms with E-state index in [1.54, 1.807) is 0 Å². The van der Waals surface area contributed by atoms with Crippen molar-refractivity contribution in [2.45, 2.75) is 6.42 Å². The molecule has 0 saturated carbocycles. The van der Waals surface area contributed by atoms with Gasteiger partial charge < -0.3 is 15.7 Å². The van der Waals surface area contributed by atoms with Gasteiger partial charge >= 0.3 is 12.0 Å². The number of urea groups is 1. The van der Waals surface area contributed by atoms with Crippen LogP contribution in [-0.4, -0.2) is 66.2 Å². The number of nitrogens with two attached hydrogens (primary N) is 1. The Bertz CT molecular complexity index is 944. The first-order valence-electron chi connectivity index (χ1n) is 9.98. The molecule has 3 N–H and O–H groups in total. The number of benzene rings is 2. The number of amides is 2. The lowest BCUT2D eigenvalue weighted by Gasteiger charge is -2.36. The van der Waals surface area contributed by atoms with Gasteiger partial charge in [-0.05, 0) is 31.2 Å². The van der Waals surface area contributed by atoms with E-state index in [1.165, 1.54) is 17.8 Å². The number of hydrogen-bond acceptors (Lipinski definition) is 6. The van der Waals surface area contributed by atoms with Crippen molar-refractivity contribution < 1.29 is 19.6 Å². The van der Waals surface area contributed by atoms with Gasteiger partial charge in [0.05, 0.1) is 16.2 Å². The summed E-state index contributed by atoms with van der Waals surface area (Å²) in [7, 11) is 0. The van der Waals surface area contributed by atoms with Crippen molar-refractivity contribution in [2.75, 3.05) is 49.1 Å². The third-order valence-electron chi connectivity index (χ3n) is 5.33. The number of para-hydroxylation sites is 1. The zero-order valence-corrected chi connectivity index (χ0v) is 17.0. The molecule has 1 heterocycles. The second kappa shape index (κ2) is 9.90. The Morgan fingerprint density at radius 2 is 1.77 bits per heavy atom. The molecule has 10 nitrogen and oxygen atoms in total. The second-order valence-electron chi connectivity index (χ2n) is 7.27. The number of primary amides is 1. The molecule has 0 atom stereocenters. The van der Waals surface area contributed by atoms with Gasteiger partial charge in [0, 0.05) is 50.5 Å². The van der Waals surface area contributed by atoms with Gasteiger partial charge in [0.25, 0.3) is 5.69 Å². The molecular weight excluding hydrogens is 402 g/mol. The lowest BCUT2D eigenvalue weighted by atomic mass is 10.1. The predicted octanol–water partition coefficient (Wildman–Crippen LogP) is 2.39. The Kier molecular flexibility index (Phi) is 7.03. The minimum Gasteiger partial charge on any atom is -0.478 e. The summed E-state index contributed by atoms with van der Waals surface area (Å²) in [6, 6.07) is 12.8. The zero-order valence-electron chi connectivity index (χ0n) is 17.0. The molecule has 1 fully saturated rings. The van der Waals surface area contributed by atoms with Crippen LogP contribution in [0.4, 0.5) is 21.9 Å². The van der Waals surface area contributed by atoms with Crippen LogP contribution in [0.3, 0.4) is 0 Å². The first kappa shape index (κ1) is 22.0. The fourth-order valence-corrected chi connectivity index (χ4v) is 3.71. The molecule has 1 aliphatic heterocycles. The van der Waals surface area contributed by atoms with Gasteiger partial charge in [-0.15, -0.1) is 0 Å². The SMILES string of the molecule is NC(=O)N(CCCN1CCN(c2ccccc2)CC1)c1ccc([N+](=O)[O-])cc1C(=O)O. The van der Waals surface area contributed by atoms with Gasteiger partial charge in [-0.1, -0.05) is 18.2 Å². The van der Waals surface area contributed by atoms with E-state index in [-0.39, 0.29) is 23.5 Å². The van der Waals surface area contributed by atoms with Crippen LogP contribution >= 0.6 is 0 Å². The van der Waals surface area contributed by atoms with Crippen molar-refractivity contribution in [1.82, 2.24) is 4.90 Å². The topological polar surface area (TPSA) is 133 Å². The van der Waals surface area contributed by atoms with Gasteiger partial charge in [-0.3, -0.25) is 19.9 Å². The second-order valence-corrected chi connectivity index (χ2v) is 7.27. The van der Waals surface area contributed by atoms with E-state index in [9.17, 15) is 24.8 Å². The van der Waals surface area contributed by atoms with E-state index >= 15 is 0 Å². The number of piperazine rings is 1. The van der Waals surface area contributed by atoms with E-state index in [4.69, 9.17) is 5.73 Å². The van der Waals surface area contributed by atoms with Gasteiger partial charge in [-0.25, -0.2) is 9.59 Å². The number of carbonyl (C=O) groups is 2. The molecule has 1 saturated heterocycles. The highest BCUT2D eigenvalue weighted by molar-refractivity contribution is 6.01. The van der Waals surface area contributed by atoms with E-state index in [0.717, 1.165) is 43.7 Å². The summed E-state index contributed by atoms with van der Waals surface area (Å²) in [5.74, 6) is -1.36. The van der Waals surface area contributed by atoms with Crippen LogP contribution in [0, 0.1) is 10.1 Å². The molecule has 0 bridgehead atoms. The lowest BCUT2D eigenvalue weighted by molar-refractivity contribution is -0.384. The smallest absolute Gasteiger partial charge is 0.338 e. The molecule has 31 heavy (non-hydrogen) atoms. The van der Waals surface area contributed by atoms with Crippen LogP contribution in [-0.2, 0) is 0 Å². The minimum absolute atomic E-state index is 0.0551. The van der Waals surface area contributed by atoms with Gasteiger partial charge in [0.2, 0.25) is 0 Å². The maximum absolute atomic E-state index is 12.0. The van der Waals surface area contributed by atoms with Crippen LogP contribution in [0.15, 0.2) is 48.5 Å². The molecule has 0 radical (unpaired) electrons. The van der Waals surface area contributed by atoms with Crippen molar-refractivity contribution in [3.8, 4) is 0 Å². The van der Waals surface area contributed by atoms with Crippen molar-refractivity contribution in [1.29, 1.82) is 0 Å². The highest BCUT2D eigenvalue weighted by atomic mass is 16.6. The highest BCUT2D eigenvalue weighted by Crippen LogP contribution is 2.26. The Morgan fingerprint density at radius 1 is 1.10 bits per heavy atom. The third kappa shape index (κ3) is 5.48. The Balaban J connectivity index is 1.59. The number of carboxylic acids is 1. The summed E-state index contributed by atoms with van der Waals surface area (Å²) in [6.45, 7) is 4.49. The molecule has 0 unspecified atom stereocenters. The molecule has 164 valence electrons. The van der Waals surface area contributed by atoms with Crippen molar-refractivity contribution >= 4 is 29.1 Å². The Hall–Kier alpha value is -3.66. The normalized spacial score (nSPS) is 14.3. The monoisotopic (exact) mass is 427 g/mol. The van der Waals surface area contributed by atoms with E-state index < -0.39 is 16.9 Å². The van der Waals surface area contributed by atoms with Gasteiger partial charge in [-0.2, -0.15) is 0 Å². The van der Waals surface area contributed by atoms with E-state index in [1.807, 2.05) is 18.2 Å². The first-order valence-corrected chi connectivity index (χ1v) is 9.98. The number of nitro benzene ring substituents is 1. The molecule has 10 heteroatoms. The molecule has 0 spiro atoms. The zero-order chi connectivity index (χ0) is 22.4. The summed E-state index contributed by atoms with van der Waals surface area (Å²) in [6.07, 6.45) is 0.588. The lowest BCUT2D eigenvalue weighted by Crippen LogP contribution is -2.47. The van der Waals surface area contributed by atoms with Crippen LogP contribution in [0.25, 0.3) is 0 Å². The third-order valence-corrected chi connectivity index (χ3v) is 5.33. The summed E-state index contributed by atoms with van der Waals surface area (Å²) in [5, 5.41) is 20.4. The number of non-ortho nitro benzene ring substituents is 1. The summed E-state index contributed by atoms with van der Waals surface area (Å²) in [4.78, 5) is 39.6. The Morgan fingerprint density at radius 3 is 2.35 bits per heavy atom. The fourth-order valence-electron chi connectivity index (χ4n) is 3.71. The largest absolute Gasteiger partial charge is 0.478 e. The van der Waals surface area contributed by atoms with Crippen molar-refractivity contribution in [3.05, 3.63) is 64.2 Å². The first-order chi connectivity index (χ1) is 14.9. The number of carbonyl (C=O) groups excluding carboxylic acids is 1. The molecule has 3 rings (SSSR count). The highest BCUT2D eigenvalue weighted by Gasteiger charge is 2.23. The maximum atomic E-state index is 12.0. The van der Waals surface area contributed by atoms with Crippen LogP contribution < -0.4 is 15.5 Å². The summed E-state index contributed by atoms with van der Waals surface area (Å²) >= 11 is 0. The molecule has 0 aliphatic carbocycles. The van der Waals surface area contributed by atoms with Crippen LogP contribution in [0.5, 0.6) is 0 Å². The fraction of sp³-hybridized carbons (Fsp3) is 0.333. The van der Waals surface area contributed by atoms with Crippen molar-refractivity contribution in [3.63, 3.8) is 0 Å². The van der Waals surface area contributed by atoms with E-state index in [0.29, 0.717) is 6.42 Å². The number of aromatic carboxylic acids is 1. The quantitative estimate of drug-likeness (QED) is 0.488. The van der Waals surface area contributed by atoms with Crippen LogP contribution in [0.2, 0.25) is 0 Å². The Labute approximate surface area is 179 Å². The number of nitro groups is 1. The molecule has 2 aromatic rings. The molecule has 2 amide bonds. The summed E-state index contributed by atoms with van der Waals surface area (Å²) in [5.41, 5.74) is 6.04. The maximum Gasteiger partial charge on any atom is 0.338 e. The molecule has 1 aliphatic rings. The van der Waals surface area contributed by atoms with Gasteiger partial charge in [0.15, 0.2) is 0 Å². The summed E-state index contributed by atoms with van der Waals surface area (Å²) < 4.78 is 0. The molecular formula is C21H25N5O5. The molecule has 0 aromatic heterocycles. The van der Waals surface area contributed by atoms with E-state index in [2.05, 4.69) is 21.9 Å². The average Bonchev–Trinajstić information content (AvgIpc) is 2.77. The number of nitrogens with zero attached hydrogens (tertiary/aromatic N) is 4. The minimum atomic E-state index is -1.36. The standard InChI is InChI=1S/C21H25N5O5/c22-21(29)25(19-8-7-17(26(30)31)15-18(19)20(27)28)10-4-9-23-11-13-24(14-12-23)16-5-2-1-3-6-16/h1-3,5-8,15H,4,9-14H2,(H2,22,29)(H,27,28). The average molecular weight is 427 g/mol. The van der Waals surface area contributed by atoms with Gasteiger partial charge in [0.1, 0.15) is 0 Å². The predicted molar refractivity (Wildman–Crippen MR) is 117 cm³/mol. The number of hydrogen-bond donors (Lipinski definition) is 2. The van der Waals surface area contributed by atoms with Crippen molar-refractivity contribution in [2.24, 2.45) is 5.73 Å². The molecule has 2 aromatic carbocycles. The number of anilines is 2. The number of carboxylic acid groups (broad SMARTS) is 1.